The van der Waals surface area contributed by atoms with E-state index >= 15 is 0 Å². The number of nitrogens with zero attached hydrogens (tertiary/aromatic N) is 1. The van der Waals surface area contributed by atoms with Gasteiger partial charge in [0.2, 0.25) is 0 Å². The number of aryl methyl sites for hydroxylation is 1. The van der Waals surface area contributed by atoms with Crippen LogP contribution in [0.3, 0.4) is 0 Å². The molecule has 3 N–H and O–H groups in total. The maximum atomic E-state index is 11.8. The lowest BCUT2D eigenvalue weighted by Crippen LogP contribution is -2.28. The molecule has 7 heteroatoms. The number of rotatable bonds is 5. The summed E-state index contributed by atoms with van der Waals surface area (Å²) in [4.78, 5) is 26.9. The minimum atomic E-state index is -0.942. The van der Waals surface area contributed by atoms with Crippen molar-refractivity contribution in [2.24, 2.45) is 0 Å². The molecule has 2 rings (SSSR count). The van der Waals surface area contributed by atoms with Crippen LogP contribution >= 0.6 is 11.3 Å². The summed E-state index contributed by atoms with van der Waals surface area (Å²) in [6.07, 6.45) is -0.137. The molecule has 1 aromatic carbocycles. The van der Waals surface area contributed by atoms with Gasteiger partial charge in [0.05, 0.1) is 13.0 Å². The van der Waals surface area contributed by atoms with Gasteiger partial charge in [-0.05, 0) is 18.6 Å². The largest absolute Gasteiger partial charge is 0.481 e. The maximum absolute atomic E-state index is 11.8. The van der Waals surface area contributed by atoms with E-state index in [9.17, 15) is 9.59 Å². The van der Waals surface area contributed by atoms with Crippen LogP contribution in [0.2, 0.25) is 0 Å². The van der Waals surface area contributed by atoms with Gasteiger partial charge in [0.25, 0.3) is 0 Å². The number of anilines is 1. The van der Waals surface area contributed by atoms with Crippen molar-refractivity contribution in [1.82, 2.24) is 10.3 Å². The summed E-state index contributed by atoms with van der Waals surface area (Å²) in [6.45, 7) is 2.23. The number of benzene rings is 1. The number of carbonyl (C=O) groups is 2. The zero-order chi connectivity index (χ0) is 15.2. The number of urea groups is 1. The van der Waals surface area contributed by atoms with E-state index in [1.165, 1.54) is 11.3 Å². The highest BCUT2D eigenvalue weighted by atomic mass is 32.1. The number of carboxylic acid groups (broad SMARTS) is 1. The van der Waals surface area contributed by atoms with E-state index in [4.69, 9.17) is 5.11 Å². The topological polar surface area (TPSA) is 91.3 Å². The fourth-order valence-electron chi connectivity index (χ4n) is 1.77. The number of aromatic nitrogens is 1. The van der Waals surface area contributed by atoms with Gasteiger partial charge in [-0.2, -0.15) is 0 Å². The molecule has 0 saturated carbocycles. The number of para-hydroxylation sites is 1. The standard InChI is InChI=1S/C14H15N3O3S/c1-9-8-21-12(16-9)7-15-14(20)17-11-5-3-2-4-10(11)6-13(18)19/h2-5,8H,6-7H2,1H3,(H,18,19)(H2,15,17,20). The van der Waals surface area contributed by atoms with Gasteiger partial charge >= 0.3 is 12.0 Å². The maximum Gasteiger partial charge on any atom is 0.319 e. The van der Waals surface area contributed by atoms with Crippen molar-refractivity contribution in [2.75, 3.05) is 5.32 Å². The molecule has 6 nitrogen and oxygen atoms in total. The quantitative estimate of drug-likeness (QED) is 0.791. The second-order valence-electron chi connectivity index (χ2n) is 4.42. The summed E-state index contributed by atoms with van der Waals surface area (Å²) in [5.74, 6) is -0.942. The Morgan fingerprint density at radius 2 is 2.10 bits per heavy atom. The molecule has 0 bridgehead atoms. The molecule has 0 fully saturated rings. The molecule has 1 aromatic heterocycles. The third kappa shape index (κ3) is 4.57. The van der Waals surface area contributed by atoms with Crippen LogP contribution in [-0.4, -0.2) is 22.1 Å². The summed E-state index contributed by atoms with van der Waals surface area (Å²) in [7, 11) is 0. The van der Waals surface area contributed by atoms with Gasteiger partial charge in [-0.25, -0.2) is 9.78 Å². The van der Waals surface area contributed by atoms with Crippen LogP contribution in [0, 0.1) is 6.92 Å². The Bertz CT molecular complexity index is 654. The highest BCUT2D eigenvalue weighted by molar-refractivity contribution is 7.09. The summed E-state index contributed by atoms with van der Waals surface area (Å²) in [5, 5.41) is 16.9. The molecule has 0 spiro atoms. The molecule has 0 unspecified atom stereocenters. The van der Waals surface area contributed by atoms with Crippen LogP contribution in [0.15, 0.2) is 29.6 Å². The molecule has 0 aliphatic carbocycles. The monoisotopic (exact) mass is 305 g/mol. The first-order valence-corrected chi connectivity index (χ1v) is 7.18. The Morgan fingerprint density at radius 1 is 1.33 bits per heavy atom. The van der Waals surface area contributed by atoms with E-state index in [2.05, 4.69) is 15.6 Å². The molecule has 110 valence electrons. The van der Waals surface area contributed by atoms with Gasteiger partial charge in [-0.3, -0.25) is 4.79 Å². The second-order valence-corrected chi connectivity index (χ2v) is 5.36. The number of amides is 2. The van der Waals surface area contributed by atoms with Crippen LogP contribution < -0.4 is 10.6 Å². The van der Waals surface area contributed by atoms with Crippen LogP contribution in [-0.2, 0) is 17.8 Å². The smallest absolute Gasteiger partial charge is 0.319 e. The Kier molecular flexibility index (Phi) is 4.89. The van der Waals surface area contributed by atoms with Crippen LogP contribution in [0.4, 0.5) is 10.5 Å². The van der Waals surface area contributed by atoms with E-state index in [-0.39, 0.29) is 12.5 Å². The lowest BCUT2D eigenvalue weighted by Gasteiger charge is -2.10. The first-order chi connectivity index (χ1) is 10.0. The summed E-state index contributed by atoms with van der Waals surface area (Å²) >= 11 is 1.48. The number of carbonyl (C=O) groups excluding carboxylic acids is 1. The van der Waals surface area contributed by atoms with E-state index in [0.29, 0.717) is 17.8 Å². The van der Waals surface area contributed by atoms with Crippen molar-refractivity contribution in [2.45, 2.75) is 19.9 Å². The average Bonchev–Trinajstić information content (AvgIpc) is 2.84. The van der Waals surface area contributed by atoms with Crippen LogP contribution in [0.1, 0.15) is 16.3 Å². The number of hydrogen-bond donors (Lipinski definition) is 3. The Hall–Kier alpha value is -2.41. The second kappa shape index (κ2) is 6.85. The molecule has 2 aromatic rings. The normalized spacial score (nSPS) is 10.1. The number of aliphatic carboxylic acids is 1. The molecule has 21 heavy (non-hydrogen) atoms. The summed E-state index contributed by atoms with van der Waals surface area (Å²) in [6, 6.07) is 6.44. The zero-order valence-electron chi connectivity index (χ0n) is 11.4. The Labute approximate surface area is 125 Å². The highest BCUT2D eigenvalue weighted by Crippen LogP contribution is 2.15. The number of nitrogens with one attached hydrogen (secondary N) is 2. The molecular weight excluding hydrogens is 290 g/mol. The number of thiazole rings is 1. The van der Waals surface area contributed by atoms with Gasteiger partial charge in [-0.1, -0.05) is 18.2 Å². The molecule has 0 saturated heterocycles. The van der Waals surface area contributed by atoms with Crippen molar-refractivity contribution in [3.8, 4) is 0 Å². The van der Waals surface area contributed by atoms with E-state index in [0.717, 1.165) is 10.7 Å². The third-order valence-electron chi connectivity index (χ3n) is 2.67. The number of hydrogen-bond acceptors (Lipinski definition) is 4. The fourth-order valence-corrected chi connectivity index (χ4v) is 2.48. The lowest BCUT2D eigenvalue weighted by atomic mass is 10.1. The van der Waals surface area contributed by atoms with Gasteiger partial charge in [-0.15, -0.1) is 11.3 Å². The first-order valence-electron chi connectivity index (χ1n) is 6.30. The van der Waals surface area contributed by atoms with Crippen molar-refractivity contribution in [1.29, 1.82) is 0 Å². The van der Waals surface area contributed by atoms with Gasteiger partial charge in [0, 0.05) is 16.8 Å². The molecule has 0 atom stereocenters. The predicted molar refractivity (Wildman–Crippen MR) is 80.5 cm³/mol. The van der Waals surface area contributed by atoms with E-state index < -0.39 is 5.97 Å². The molecule has 0 aliphatic heterocycles. The molecular formula is C14H15N3O3S. The third-order valence-corrected chi connectivity index (χ3v) is 3.64. The Morgan fingerprint density at radius 3 is 2.76 bits per heavy atom. The molecule has 0 radical (unpaired) electrons. The number of carboxylic acids is 1. The van der Waals surface area contributed by atoms with Crippen molar-refractivity contribution < 1.29 is 14.7 Å². The van der Waals surface area contributed by atoms with Crippen LogP contribution in [0.5, 0.6) is 0 Å². The molecule has 0 aliphatic rings. The zero-order valence-corrected chi connectivity index (χ0v) is 12.2. The fraction of sp³-hybridized carbons (Fsp3) is 0.214. The Balaban J connectivity index is 1.94. The summed E-state index contributed by atoms with van der Waals surface area (Å²) < 4.78 is 0. The lowest BCUT2D eigenvalue weighted by molar-refractivity contribution is -0.136. The van der Waals surface area contributed by atoms with Crippen molar-refractivity contribution >= 4 is 29.0 Å². The highest BCUT2D eigenvalue weighted by Gasteiger charge is 2.09. The summed E-state index contributed by atoms with van der Waals surface area (Å²) in [5.41, 5.74) is 1.97. The average molecular weight is 305 g/mol. The van der Waals surface area contributed by atoms with Crippen molar-refractivity contribution in [3.05, 3.63) is 45.9 Å². The van der Waals surface area contributed by atoms with Gasteiger partial charge in [0.15, 0.2) is 0 Å². The van der Waals surface area contributed by atoms with E-state index in [1.54, 1.807) is 24.3 Å². The molecule has 1 heterocycles. The predicted octanol–water partition coefficient (Wildman–Crippen LogP) is 2.40. The van der Waals surface area contributed by atoms with Crippen molar-refractivity contribution in [3.63, 3.8) is 0 Å². The van der Waals surface area contributed by atoms with Gasteiger partial charge in [0.1, 0.15) is 5.01 Å². The van der Waals surface area contributed by atoms with Gasteiger partial charge < -0.3 is 15.7 Å². The SMILES string of the molecule is Cc1csc(CNC(=O)Nc2ccccc2CC(=O)O)n1. The van der Waals surface area contributed by atoms with Crippen LogP contribution in [0.25, 0.3) is 0 Å². The minimum absolute atomic E-state index is 0.137. The molecule has 2 amide bonds. The van der Waals surface area contributed by atoms with E-state index in [1.807, 2.05) is 12.3 Å². The first kappa shape index (κ1) is 15.0. The minimum Gasteiger partial charge on any atom is -0.481 e.